The maximum absolute atomic E-state index is 12.4. The molecular weight excluding hydrogens is 358 g/mol. The van der Waals surface area contributed by atoms with Crippen molar-refractivity contribution in [3.63, 3.8) is 0 Å². The van der Waals surface area contributed by atoms with Crippen LogP contribution in [0.2, 0.25) is 0 Å². The standard InChI is InChI=1S/C21H19N3O4/c25-20(16-8-4-5-9-17(16)21(26)27)23-10-15-12-24-18(11-22-19(24)13-28-15)14-6-2-1-3-7-14/h1-9,11,15H,10,12-13H2,(H,23,25)(H,26,27)/t15-/m0/s1. The van der Waals surface area contributed by atoms with Gasteiger partial charge >= 0.3 is 5.97 Å². The second kappa shape index (κ2) is 7.66. The quantitative estimate of drug-likeness (QED) is 0.713. The first-order chi connectivity index (χ1) is 13.6. The van der Waals surface area contributed by atoms with Crippen molar-refractivity contribution < 1.29 is 19.4 Å². The third kappa shape index (κ3) is 3.52. The summed E-state index contributed by atoms with van der Waals surface area (Å²) in [6.07, 6.45) is 1.60. The number of carboxylic acid groups (broad SMARTS) is 1. The van der Waals surface area contributed by atoms with E-state index in [0.717, 1.165) is 17.1 Å². The lowest BCUT2D eigenvalue weighted by atomic mass is 10.1. The molecule has 0 saturated heterocycles. The van der Waals surface area contributed by atoms with Gasteiger partial charge < -0.3 is 19.7 Å². The molecule has 4 rings (SSSR count). The van der Waals surface area contributed by atoms with E-state index in [4.69, 9.17) is 4.74 Å². The molecule has 1 aromatic heterocycles. The average Bonchev–Trinajstić information content (AvgIpc) is 3.16. The minimum atomic E-state index is -1.13. The molecule has 7 heteroatoms. The molecule has 2 aromatic carbocycles. The van der Waals surface area contributed by atoms with Gasteiger partial charge in [-0.15, -0.1) is 0 Å². The van der Waals surface area contributed by atoms with E-state index in [9.17, 15) is 14.7 Å². The van der Waals surface area contributed by atoms with Gasteiger partial charge in [0.1, 0.15) is 12.4 Å². The third-order valence-electron chi connectivity index (χ3n) is 4.73. The number of rotatable bonds is 5. The van der Waals surface area contributed by atoms with Gasteiger partial charge in [-0.2, -0.15) is 0 Å². The number of hydrogen-bond acceptors (Lipinski definition) is 4. The van der Waals surface area contributed by atoms with Crippen molar-refractivity contribution in [3.8, 4) is 11.3 Å². The molecule has 0 spiro atoms. The van der Waals surface area contributed by atoms with Crippen LogP contribution in [0.15, 0.2) is 60.8 Å². The summed E-state index contributed by atoms with van der Waals surface area (Å²) in [6.45, 7) is 1.19. The van der Waals surface area contributed by atoms with E-state index < -0.39 is 11.9 Å². The highest BCUT2D eigenvalue weighted by Crippen LogP contribution is 2.24. The van der Waals surface area contributed by atoms with Crippen LogP contribution in [0.5, 0.6) is 0 Å². The van der Waals surface area contributed by atoms with Gasteiger partial charge in [-0.05, 0) is 17.7 Å². The van der Waals surface area contributed by atoms with Crippen LogP contribution in [-0.4, -0.2) is 39.2 Å². The molecule has 0 saturated carbocycles. The average molecular weight is 377 g/mol. The van der Waals surface area contributed by atoms with Crippen molar-refractivity contribution in [2.24, 2.45) is 0 Å². The Morgan fingerprint density at radius 1 is 1.11 bits per heavy atom. The molecule has 0 unspecified atom stereocenters. The maximum atomic E-state index is 12.4. The second-order valence-electron chi connectivity index (χ2n) is 6.53. The fourth-order valence-corrected chi connectivity index (χ4v) is 3.31. The van der Waals surface area contributed by atoms with Gasteiger partial charge in [0, 0.05) is 6.54 Å². The second-order valence-corrected chi connectivity index (χ2v) is 6.53. The van der Waals surface area contributed by atoms with Crippen molar-refractivity contribution >= 4 is 11.9 Å². The molecule has 0 bridgehead atoms. The fourth-order valence-electron chi connectivity index (χ4n) is 3.31. The van der Waals surface area contributed by atoms with Crippen LogP contribution in [0, 0.1) is 0 Å². The first-order valence-electron chi connectivity index (χ1n) is 8.95. The summed E-state index contributed by atoms with van der Waals surface area (Å²) in [5.74, 6) is -0.714. The lowest BCUT2D eigenvalue weighted by molar-refractivity contribution is 0.00374. The number of ether oxygens (including phenoxy) is 1. The van der Waals surface area contributed by atoms with Crippen molar-refractivity contribution in [1.29, 1.82) is 0 Å². The van der Waals surface area contributed by atoms with Crippen LogP contribution in [0.3, 0.4) is 0 Å². The van der Waals surface area contributed by atoms with Gasteiger partial charge in [0.15, 0.2) is 0 Å². The Balaban J connectivity index is 1.46. The van der Waals surface area contributed by atoms with E-state index in [1.807, 2.05) is 36.5 Å². The molecule has 3 aromatic rings. The summed E-state index contributed by atoms with van der Waals surface area (Å²) >= 11 is 0. The van der Waals surface area contributed by atoms with E-state index in [1.54, 1.807) is 12.1 Å². The fraction of sp³-hybridized carbons (Fsp3) is 0.190. The highest BCUT2D eigenvalue weighted by atomic mass is 16.5. The molecule has 1 aliphatic rings. The van der Waals surface area contributed by atoms with Crippen LogP contribution in [0.1, 0.15) is 26.5 Å². The Bertz CT molecular complexity index is 1010. The lowest BCUT2D eigenvalue weighted by Crippen LogP contribution is -2.39. The summed E-state index contributed by atoms with van der Waals surface area (Å²) in [7, 11) is 0. The lowest BCUT2D eigenvalue weighted by Gasteiger charge is -2.26. The molecule has 0 fully saturated rings. The maximum Gasteiger partial charge on any atom is 0.336 e. The number of benzene rings is 2. The van der Waals surface area contributed by atoms with Crippen molar-refractivity contribution in [2.45, 2.75) is 19.3 Å². The highest BCUT2D eigenvalue weighted by molar-refractivity contribution is 6.04. The number of carboxylic acids is 1. The monoisotopic (exact) mass is 377 g/mol. The van der Waals surface area contributed by atoms with E-state index >= 15 is 0 Å². The van der Waals surface area contributed by atoms with Crippen LogP contribution in [0.4, 0.5) is 0 Å². The van der Waals surface area contributed by atoms with Crippen molar-refractivity contribution in [1.82, 2.24) is 14.9 Å². The van der Waals surface area contributed by atoms with Crippen LogP contribution in [-0.2, 0) is 17.9 Å². The highest BCUT2D eigenvalue weighted by Gasteiger charge is 2.24. The molecule has 1 aliphatic heterocycles. The van der Waals surface area contributed by atoms with E-state index in [1.165, 1.54) is 12.1 Å². The molecule has 1 atom stereocenters. The molecule has 0 radical (unpaired) electrons. The van der Waals surface area contributed by atoms with Crippen LogP contribution in [0.25, 0.3) is 11.3 Å². The molecule has 28 heavy (non-hydrogen) atoms. The van der Waals surface area contributed by atoms with E-state index in [-0.39, 0.29) is 23.8 Å². The first-order valence-corrected chi connectivity index (χ1v) is 8.95. The van der Waals surface area contributed by atoms with Gasteiger partial charge in [0.2, 0.25) is 0 Å². The number of nitrogens with zero attached hydrogens (tertiary/aromatic N) is 2. The molecule has 1 amide bonds. The molecule has 142 valence electrons. The van der Waals surface area contributed by atoms with Gasteiger partial charge in [0.05, 0.1) is 35.7 Å². The Morgan fingerprint density at radius 3 is 2.57 bits per heavy atom. The number of nitrogens with one attached hydrogen (secondary N) is 1. The van der Waals surface area contributed by atoms with Crippen LogP contribution < -0.4 is 5.32 Å². The Morgan fingerprint density at radius 2 is 1.82 bits per heavy atom. The Kier molecular flexibility index (Phi) is 4.90. The van der Waals surface area contributed by atoms with E-state index in [0.29, 0.717) is 13.2 Å². The minimum Gasteiger partial charge on any atom is -0.478 e. The zero-order valence-electron chi connectivity index (χ0n) is 15.0. The minimum absolute atomic E-state index is 0.0205. The van der Waals surface area contributed by atoms with Crippen LogP contribution >= 0.6 is 0 Å². The number of carbonyl (C=O) groups excluding carboxylic acids is 1. The number of hydrogen-bond donors (Lipinski definition) is 2. The summed E-state index contributed by atoms with van der Waals surface area (Å²) in [5.41, 5.74) is 2.19. The molecule has 2 heterocycles. The van der Waals surface area contributed by atoms with Crippen molar-refractivity contribution in [2.75, 3.05) is 6.54 Å². The number of fused-ring (bicyclic) bond motifs is 1. The molecule has 0 aliphatic carbocycles. The predicted molar refractivity (Wildman–Crippen MR) is 102 cm³/mol. The van der Waals surface area contributed by atoms with Gasteiger partial charge in [-0.3, -0.25) is 4.79 Å². The van der Waals surface area contributed by atoms with Crippen molar-refractivity contribution in [3.05, 3.63) is 77.7 Å². The summed E-state index contributed by atoms with van der Waals surface area (Å²) in [4.78, 5) is 28.2. The summed E-state index contributed by atoms with van der Waals surface area (Å²) in [6, 6.07) is 16.1. The number of carbonyl (C=O) groups is 2. The molecule has 7 nitrogen and oxygen atoms in total. The third-order valence-corrected chi connectivity index (χ3v) is 4.73. The number of amides is 1. The first kappa shape index (κ1) is 17.9. The number of imidazole rings is 1. The van der Waals surface area contributed by atoms with Gasteiger partial charge in [-0.1, -0.05) is 42.5 Å². The van der Waals surface area contributed by atoms with Gasteiger partial charge in [0.25, 0.3) is 5.91 Å². The predicted octanol–water partition coefficient (Wildman–Crippen LogP) is 2.58. The molecular formula is C21H19N3O4. The number of aromatic carboxylic acids is 1. The summed E-state index contributed by atoms with van der Waals surface area (Å²) in [5, 5.41) is 12.0. The SMILES string of the molecule is O=C(O)c1ccccc1C(=O)NC[C@H]1Cn2c(-c3ccccc3)cnc2CO1. The topological polar surface area (TPSA) is 93.4 Å². The Labute approximate surface area is 161 Å². The normalized spacial score (nSPS) is 15.6. The number of aromatic nitrogens is 2. The molecule has 2 N–H and O–H groups in total. The van der Waals surface area contributed by atoms with Gasteiger partial charge in [-0.25, -0.2) is 9.78 Å². The zero-order valence-corrected chi connectivity index (χ0v) is 15.0. The largest absolute Gasteiger partial charge is 0.478 e. The Hall–Kier alpha value is -3.45. The zero-order chi connectivity index (χ0) is 19.5. The smallest absolute Gasteiger partial charge is 0.336 e. The van der Waals surface area contributed by atoms with E-state index in [2.05, 4.69) is 14.9 Å². The summed E-state index contributed by atoms with van der Waals surface area (Å²) < 4.78 is 7.90.